The van der Waals surface area contributed by atoms with Crippen LogP contribution in [0.5, 0.6) is 0 Å². The van der Waals surface area contributed by atoms with Gasteiger partial charge in [-0.05, 0) is 19.4 Å². The molecule has 0 aromatic carbocycles. The van der Waals surface area contributed by atoms with Crippen molar-refractivity contribution in [2.75, 3.05) is 32.8 Å². The first-order valence-electron chi connectivity index (χ1n) is 7.64. The Morgan fingerprint density at radius 1 is 1.39 bits per heavy atom. The molecule has 2 rings (SSSR count). The van der Waals surface area contributed by atoms with Crippen molar-refractivity contribution >= 4 is 16.0 Å². The third-order valence-corrected chi connectivity index (χ3v) is 5.07. The summed E-state index contributed by atoms with van der Waals surface area (Å²) in [5.74, 6) is -0.531. The molecule has 0 atom stereocenters. The highest BCUT2D eigenvalue weighted by Gasteiger charge is 2.21. The second-order valence-corrected chi connectivity index (χ2v) is 7.12. The molecule has 7 nitrogen and oxygen atoms in total. The Bertz CT molecular complexity index is 679. The van der Waals surface area contributed by atoms with Crippen molar-refractivity contribution in [2.45, 2.75) is 18.2 Å². The molecular formula is C15H23N3O4S. The number of carbonyl (C=O) groups is 1. The fourth-order valence-electron chi connectivity index (χ4n) is 2.40. The number of aryl methyl sites for hydroxylation is 1. The molecule has 1 N–H and O–H groups in total. The van der Waals surface area contributed by atoms with Gasteiger partial charge in [0.1, 0.15) is 10.6 Å². The predicted octanol–water partition coefficient (Wildman–Crippen LogP) is 0.742. The highest BCUT2D eigenvalue weighted by atomic mass is 32.2. The first-order chi connectivity index (χ1) is 10.9. The van der Waals surface area contributed by atoms with Crippen molar-refractivity contribution in [2.24, 2.45) is 7.05 Å². The number of nitrogens with zero attached hydrogens (tertiary/aromatic N) is 2. The Hall–Kier alpha value is -1.64. The number of hydrogen-bond donors (Lipinski definition) is 1. The van der Waals surface area contributed by atoms with Crippen molar-refractivity contribution in [3.63, 3.8) is 0 Å². The minimum atomic E-state index is -3.63. The maximum absolute atomic E-state index is 12.3. The molecule has 0 amide bonds. The zero-order valence-electron chi connectivity index (χ0n) is 13.5. The van der Waals surface area contributed by atoms with E-state index in [4.69, 9.17) is 4.74 Å². The van der Waals surface area contributed by atoms with Gasteiger partial charge in [-0.1, -0.05) is 12.2 Å². The smallest absolute Gasteiger partial charge is 0.354 e. The Balaban J connectivity index is 1.97. The van der Waals surface area contributed by atoms with Crippen LogP contribution in [-0.4, -0.2) is 56.6 Å². The maximum Gasteiger partial charge on any atom is 0.354 e. The van der Waals surface area contributed by atoms with Gasteiger partial charge in [-0.2, -0.15) is 0 Å². The van der Waals surface area contributed by atoms with Gasteiger partial charge in [-0.25, -0.2) is 17.9 Å². The molecule has 23 heavy (non-hydrogen) atoms. The summed E-state index contributed by atoms with van der Waals surface area (Å²) in [4.78, 5) is 14.0. The summed E-state index contributed by atoms with van der Waals surface area (Å²) in [5, 5.41) is 0. The third-order valence-electron chi connectivity index (χ3n) is 3.64. The number of nitrogens with one attached hydrogen (secondary N) is 1. The summed E-state index contributed by atoms with van der Waals surface area (Å²) in [6.07, 6.45) is 6.62. The van der Waals surface area contributed by atoms with E-state index in [1.807, 2.05) is 0 Å². The van der Waals surface area contributed by atoms with E-state index < -0.39 is 16.0 Å². The van der Waals surface area contributed by atoms with Gasteiger partial charge in [0.15, 0.2) is 0 Å². The zero-order valence-corrected chi connectivity index (χ0v) is 14.3. The molecule has 1 aromatic heterocycles. The molecule has 0 unspecified atom stereocenters. The molecule has 1 aromatic rings. The fourth-order valence-corrected chi connectivity index (χ4v) is 3.49. The van der Waals surface area contributed by atoms with Gasteiger partial charge in [0.25, 0.3) is 0 Å². The van der Waals surface area contributed by atoms with E-state index >= 15 is 0 Å². The normalized spacial score (nSPS) is 15.7. The van der Waals surface area contributed by atoms with Gasteiger partial charge >= 0.3 is 5.97 Å². The van der Waals surface area contributed by atoms with Crippen molar-refractivity contribution in [3.05, 3.63) is 30.1 Å². The molecule has 0 saturated heterocycles. The molecule has 0 aliphatic carbocycles. The Morgan fingerprint density at radius 3 is 2.83 bits per heavy atom. The first kappa shape index (κ1) is 17.7. The molecule has 0 radical (unpaired) electrons. The molecule has 0 fully saturated rings. The molecule has 0 saturated carbocycles. The van der Waals surface area contributed by atoms with Crippen molar-refractivity contribution < 1.29 is 17.9 Å². The van der Waals surface area contributed by atoms with Gasteiger partial charge in [-0.15, -0.1) is 0 Å². The second-order valence-electron chi connectivity index (χ2n) is 5.35. The van der Waals surface area contributed by atoms with Crippen LogP contribution in [0.2, 0.25) is 0 Å². The van der Waals surface area contributed by atoms with Gasteiger partial charge in [-0.3, -0.25) is 4.90 Å². The van der Waals surface area contributed by atoms with Crippen molar-refractivity contribution in [1.29, 1.82) is 0 Å². The summed E-state index contributed by atoms with van der Waals surface area (Å²) in [6.45, 7) is 4.72. The Kier molecular flexibility index (Phi) is 5.97. The molecule has 2 heterocycles. The highest BCUT2D eigenvalue weighted by molar-refractivity contribution is 7.89. The quantitative estimate of drug-likeness (QED) is 0.584. The summed E-state index contributed by atoms with van der Waals surface area (Å²) in [5.41, 5.74) is 0.216. The van der Waals surface area contributed by atoms with Gasteiger partial charge < -0.3 is 9.30 Å². The number of rotatable bonds is 7. The average Bonchev–Trinajstić information content (AvgIpc) is 2.91. The van der Waals surface area contributed by atoms with E-state index in [1.165, 1.54) is 16.8 Å². The number of esters is 1. The van der Waals surface area contributed by atoms with Crippen molar-refractivity contribution in [3.8, 4) is 0 Å². The Morgan fingerprint density at radius 2 is 2.17 bits per heavy atom. The summed E-state index contributed by atoms with van der Waals surface area (Å²) in [6, 6.07) is 1.34. The first-order valence-corrected chi connectivity index (χ1v) is 9.13. The lowest BCUT2D eigenvalue weighted by Crippen LogP contribution is -2.36. The molecule has 8 heteroatoms. The summed E-state index contributed by atoms with van der Waals surface area (Å²) >= 11 is 0. The molecular weight excluding hydrogens is 318 g/mol. The largest absolute Gasteiger partial charge is 0.461 e. The van der Waals surface area contributed by atoms with Gasteiger partial charge in [0.2, 0.25) is 10.0 Å². The van der Waals surface area contributed by atoms with Crippen LogP contribution in [0.1, 0.15) is 23.8 Å². The lowest BCUT2D eigenvalue weighted by atomic mass is 10.2. The standard InChI is InChI=1S/C15H23N3O4S/c1-3-22-15(19)14-11-13(12-17(14)2)23(20,21)16-7-10-18-8-5-4-6-9-18/h4-5,11-12,16H,3,6-10H2,1-2H3. The lowest BCUT2D eigenvalue weighted by Gasteiger charge is -2.22. The molecule has 128 valence electrons. The number of ether oxygens (including phenoxy) is 1. The monoisotopic (exact) mass is 341 g/mol. The Labute approximate surface area is 137 Å². The van der Waals surface area contributed by atoms with Crippen LogP contribution in [-0.2, 0) is 21.8 Å². The van der Waals surface area contributed by atoms with Crippen LogP contribution < -0.4 is 4.72 Å². The van der Waals surface area contributed by atoms with E-state index in [0.29, 0.717) is 13.1 Å². The fraction of sp³-hybridized carbons (Fsp3) is 0.533. The van der Waals surface area contributed by atoms with Crippen LogP contribution in [0.4, 0.5) is 0 Å². The third kappa shape index (κ3) is 4.66. The molecule has 0 bridgehead atoms. The summed E-state index contributed by atoms with van der Waals surface area (Å²) < 4.78 is 33.6. The van der Waals surface area contributed by atoms with Crippen molar-refractivity contribution in [1.82, 2.24) is 14.2 Å². The van der Waals surface area contributed by atoms with Gasteiger partial charge in [0, 0.05) is 39.4 Å². The van der Waals surface area contributed by atoms with E-state index in [9.17, 15) is 13.2 Å². The minimum absolute atomic E-state index is 0.0709. The second kappa shape index (κ2) is 7.76. The van der Waals surface area contributed by atoms with E-state index in [1.54, 1.807) is 14.0 Å². The zero-order chi connectivity index (χ0) is 16.9. The number of carbonyl (C=O) groups excluding carboxylic acids is 1. The topological polar surface area (TPSA) is 80.6 Å². The van der Waals surface area contributed by atoms with E-state index in [-0.39, 0.29) is 17.2 Å². The molecule has 1 aliphatic heterocycles. The highest BCUT2D eigenvalue weighted by Crippen LogP contribution is 2.14. The van der Waals surface area contributed by atoms with E-state index in [2.05, 4.69) is 21.8 Å². The van der Waals surface area contributed by atoms with Crippen LogP contribution in [0.25, 0.3) is 0 Å². The van der Waals surface area contributed by atoms with Crippen LogP contribution >= 0.6 is 0 Å². The summed E-state index contributed by atoms with van der Waals surface area (Å²) in [7, 11) is -2.02. The average molecular weight is 341 g/mol. The number of sulfonamides is 1. The predicted molar refractivity (Wildman–Crippen MR) is 86.8 cm³/mol. The van der Waals surface area contributed by atoms with Crippen LogP contribution in [0.3, 0.4) is 0 Å². The minimum Gasteiger partial charge on any atom is -0.461 e. The maximum atomic E-state index is 12.3. The number of hydrogen-bond acceptors (Lipinski definition) is 5. The van der Waals surface area contributed by atoms with Crippen LogP contribution in [0, 0.1) is 0 Å². The van der Waals surface area contributed by atoms with Gasteiger partial charge in [0.05, 0.1) is 6.61 Å². The SMILES string of the molecule is CCOC(=O)c1cc(S(=O)(=O)NCCN2CC=CCC2)cn1C. The molecule has 0 spiro atoms. The lowest BCUT2D eigenvalue weighted by molar-refractivity contribution is 0.0515. The van der Waals surface area contributed by atoms with E-state index in [0.717, 1.165) is 19.5 Å². The molecule has 1 aliphatic rings. The van der Waals surface area contributed by atoms with Crippen LogP contribution in [0.15, 0.2) is 29.3 Å². The number of aromatic nitrogens is 1.